The van der Waals surface area contributed by atoms with Gasteiger partial charge in [-0.2, -0.15) is 4.68 Å². The molecule has 9 nitrogen and oxygen atoms in total. The van der Waals surface area contributed by atoms with Crippen molar-refractivity contribution in [2.45, 2.75) is 11.5 Å². The van der Waals surface area contributed by atoms with E-state index in [4.69, 9.17) is 0 Å². The molecule has 1 heterocycles. The fourth-order valence-electron chi connectivity index (χ4n) is 2.37. The van der Waals surface area contributed by atoms with Gasteiger partial charge >= 0.3 is 6.36 Å². The highest BCUT2D eigenvalue weighted by Gasteiger charge is 2.31. The highest BCUT2D eigenvalue weighted by Crippen LogP contribution is 2.25. The Labute approximate surface area is 178 Å². The van der Waals surface area contributed by atoms with Gasteiger partial charge in [0.2, 0.25) is 15.2 Å². The third kappa shape index (κ3) is 6.68. The molecule has 1 aromatic heterocycles. The topological polar surface area (TPSA) is 116 Å². The van der Waals surface area contributed by atoms with Gasteiger partial charge in [0.1, 0.15) is 5.75 Å². The van der Waals surface area contributed by atoms with E-state index in [0.717, 1.165) is 30.2 Å². The molecule has 2 aromatic carbocycles. The van der Waals surface area contributed by atoms with Crippen molar-refractivity contribution >= 4 is 33.3 Å². The van der Waals surface area contributed by atoms with E-state index in [0.29, 0.717) is 16.9 Å². The molecule has 0 fully saturated rings. The molecule has 0 saturated heterocycles. The molecule has 0 aliphatic rings. The summed E-state index contributed by atoms with van der Waals surface area (Å²) in [6.07, 6.45) is -3.78. The lowest BCUT2D eigenvalue weighted by Crippen LogP contribution is -2.17. The SMILES string of the molecule is CS(=O)(=O)Nc1ccc(C(=O)CSc2nnnn2-c2ccc(OC(F)(F)F)cc2)cc1. The van der Waals surface area contributed by atoms with Crippen LogP contribution in [0.25, 0.3) is 5.69 Å². The summed E-state index contributed by atoms with van der Waals surface area (Å²) < 4.78 is 66.6. The number of ether oxygens (including phenoxy) is 1. The number of tetrazole rings is 1. The highest BCUT2D eigenvalue weighted by molar-refractivity contribution is 7.99. The summed E-state index contributed by atoms with van der Waals surface area (Å²) >= 11 is 1.03. The number of nitrogens with one attached hydrogen (secondary N) is 1. The zero-order valence-electron chi connectivity index (χ0n) is 15.7. The van der Waals surface area contributed by atoms with Crippen LogP contribution in [0.15, 0.2) is 53.7 Å². The lowest BCUT2D eigenvalue weighted by atomic mass is 10.1. The molecule has 1 N–H and O–H groups in total. The number of hydrogen-bond donors (Lipinski definition) is 1. The zero-order valence-corrected chi connectivity index (χ0v) is 17.3. The summed E-state index contributed by atoms with van der Waals surface area (Å²) in [4.78, 5) is 12.4. The lowest BCUT2D eigenvalue weighted by Gasteiger charge is -2.09. The van der Waals surface area contributed by atoms with Crippen molar-refractivity contribution in [1.82, 2.24) is 20.2 Å². The molecule has 0 aliphatic heterocycles. The molecule has 0 aliphatic carbocycles. The molecule has 0 bridgehead atoms. The monoisotopic (exact) mass is 473 g/mol. The quantitative estimate of drug-likeness (QED) is 0.392. The van der Waals surface area contributed by atoms with E-state index in [-0.39, 0.29) is 22.4 Å². The summed E-state index contributed by atoms with van der Waals surface area (Å²) in [7, 11) is -3.42. The van der Waals surface area contributed by atoms with Crippen LogP contribution in [0.2, 0.25) is 0 Å². The number of benzene rings is 2. The number of anilines is 1. The average Bonchev–Trinajstić information content (AvgIpc) is 3.13. The van der Waals surface area contributed by atoms with Crippen molar-refractivity contribution in [1.29, 1.82) is 0 Å². The number of aromatic nitrogens is 4. The number of thioether (sulfide) groups is 1. The van der Waals surface area contributed by atoms with E-state index in [1.54, 1.807) is 0 Å². The largest absolute Gasteiger partial charge is 0.573 e. The smallest absolute Gasteiger partial charge is 0.406 e. The summed E-state index contributed by atoms with van der Waals surface area (Å²) in [5.74, 6) is -0.656. The molecule has 0 atom stereocenters. The number of rotatable bonds is 8. The molecule has 0 unspecified atom stereocenters. The maximum Gasteiger partial charge on any atom is 0.573 e. The Morgan fingerprint density at radius 3 is 2.35 bits per heavy atom. The number of carbonyl (C=O) groups is 1. The molecule has 14 heteroatoms. The maximum atomic E-state index is 12.4. The van der Waals surface area contributed by atoms with Gasteiger partial charge in [-0.05, 0) is 59.0 Å². The Morgan fingerprint density at radius 2 is 1.77 bits per heavy atom. The van der Waals surface area contributed by atoms with E-state index < -0.39 is 16.4 Å². The lowest BCUT2D eigenvalue weighted by molar-refractivity contribution is -0.274. The standard InChI is InChI=1S/C17H14F3N5O4S2/c1-31(27,28)22-12-4-2-11(3-5-12)15(26)10-30-16-21-23-24-25(16)13-6-8-14(9-7-13)29-17(18,19)20/h2-9,22H,10H2,1H3. The van der Waals surface area contributed by atoms with E-state index in [1.165, 1.54) is 41.1 Å². The minimum atomic E-state index is -4.79. The zero-order chi connectivity index (χ0) is 22.6. The molecule has 0 saturated carbocycles. The number of halogens is 3. The Hall–Kier alpha value is -3.13. The van der Waals surface area contributed by atoms with Gasteiger partial charge in [0, 0.05) is 11.3 Å². The van der Waals surface area contributed by atoms with Crippen molar-refractivity contribution in [3.8, 4) is 11.4 Å². The Bertz CT molecular complexity index is 1160. The Kier molecular flexibility index (Phi) is 6.50. The third-order valence-corrected chi connectivity index (χ3v) is 5.12. The van der Waals surface area contributed by atoms with Gasteiger partial charge in [0.05, 0.1) is 17.7 Å². The highest BCUT2D eigenvalue weighted by atomic mass is 32.2. The number of hydrogen-bond acceptors (Lipinski definition) is 8. The number of ketones is 1. The Balaban J connectivity index is 1.65. The van der Waals surface area contributed by atoms with E-state index >= 15 is 0 Å². The van der Waals surface area contributed by atoms with Crippen LogP contribution in [-0.4, -0.2) is 52.8 Å². The minimum Gasteiger partial charge on any atom is -0.406 e. The number of sulfonamides is 1. The molecular formula is C17H14F3N5O4S2. The van der Waals surface area contributed by atoms with Gasteiger partial charge in [-0.1, -0.05) is 11.8 Å². The molecule has 0 spiro atoms. The molecule has 164 valence electrons. The molecule has 0 radical (unpaired) electrons. The van der Waals surface area contributed by atoms with E-state index in [2.05, 4.69) is 25.0 Å². The van der Waals surface area contributed by atoms with Crippen molar-refractivity contribution in [3.63, 3.8) is 0 Å². The van der Waals surface area contributed by atoms with Gasteiger partial charge in [0.15, 0.2) is 5.78 Å². The van der Waals surface area contributed by atoms with Crippen molar-refractivity contribution < 1.29 is 31.1 Å². The summed E-state index contributed by atoms with van der Waals surface area (Å²) in [6, 6.07) is 10.8. The van der Waals surface area contributed by atoms with Crippen LogP contribution >= 0.6 is 11.8 Å². The molecular weight excluding hydrogens is 459 g/mol. The van der Waals surface area contributed by atoms with Gasteiger partial charge in [-0.3, -0.25) is 9.52 Å². The van der Waals surface area contributed by atoms with Gasteiger partial charge in [-0.25, -0.2) is 8.42 Å². The van der Waals surface area contributed by atoms with Gasteiger partial charge in [-0.15, -0.1) is 18.3 Å². The summed E-state index contributed by atoms with van der Waals surface area (Å²) in [5, 5.41) is 11.4. The predicted octanol–water partition coefficient (Wildman–Crippen LogP) is 2.91. The van der Waals surface area contributed by atoms with E-state index in [9.17, 15) is 26.4 Å². The van der Waals surface area contributed by atoms with Crippen LogP contribution in [0, 0.1) is 0 Å². The second-order valence-corrected chi connectivity index (χ2v) is 8.77. The van der Waals surface area contributed by atoms with Crippen LogP contribution in [0.3, 0.4) is 0 Å². The van der Waals surface area contributed by atoms with Crippen LogP contribution in [0.1, 0.15) is 10.4 Å². The first kappa shape index (κ1) is 22.6. The van der Waals surface area contributed by atoms with Crippen LogP contribution in [0.5, 0.6) is 5.75 Å². The average molecular weight is 473 g/mol. The normalized spacial score (nSPS) is 11.9. The summed E-state index contributed by atoms with van der Waals surface area (Å²) in [6.45, 7) is 0. The van der Waals surface area contributed by atoms with Gasteiger partial charge in [0.25, 0.3) is 0 Å². The number of nitrogens with zero attached hydrogens (tertiary/aromatic N) is 4. The van der Waals surface area contributed by atoms with Crippen molar-refractivity contribution in [3.05, 3.63) is 54.1 Å². The van der Waals surface area contributed by atoms with Crippen LogP contribution in [0.4, 0.5) is 18.9 Å². The van der Waals surface area contributed by atoms with Crippen molar-refractivity contribution in [2.75, 3.05) is 16.7 Å². The maximum absolute atomic E-state index is 12.4. The minimum absolute atomic E-state index is 0.0194. The number of carbonyl (C=O) groups excluding carboxylic acids is 1. The van der Waals surface area contributed by atoms with E-state index in [1.807, 2.05) is 0 Å². The second-order valence-electron chi connectivity index (χ2n) is 6.08. The fourth-order valence-corrected chi connectivity index (χ4v) is 3.72. The first-order valence-corrected chi connectivity index (χ1v) is 11.3. The fraction of sp³-hybridized carbons (Fsp3) is 0.176. The Morgan fingerprint density at radius 1 is 1.13 bits per heavy atom. The van der Waals surface area contributed by atoms with Crippen LogP contribution in [-0.2, 0) is 10.0 Å². The second kappa shape index (κ2) is 8.93. The molecule has 0 amide bonds. The van der Waals surface area contributed by atoms with Crippen LogP contribution < -0.4 is 9.46 Å². The third-order valence-electron chi connectivity index (χ3n) is 3.60. The molecule has 3 aromatic rings. The van der Waals surface area contributed by atoms with Gasteiger partial charge < -0.3 is 4.74 Å². The molecule has 31 heavy (non-hydrogen) atoms. The first-order chi connectivity index (χ1) is 14.5. The number of Topliss-reactive ketones (excluding diaryl/α,β-unsaturated/α-hetero) is 1. The first-order valence-electron chi connectivity index (χ1n) is 8.38. The van der Waals surface area contributed by atoms with Crippen molar-refractivity contribution in [2.24, 2.45) is 0 Å². The predicted molar refractivity (Wildman–Crippen MR) is 106 cm³/mol. The summed E-state index contributed by atoms with van der Waals surface area (Å²) in [5.41, 5.74) is 1.07. The number of alkyl halides is 3. The molecule has 3 rings (SSSR count).